The second-order valence-electron chi connectivity index (χ2n) is 5.69. The Bertz CT molecular complexity index is 451. The predicted octanol–water partition coefficient (Wildman–Crippen LogP) is 3.92. The Hall–Kier alpha value is -0.390. The van der Waals surface area contributed by atoms with E-state index < -0.39 is 0 Å². The van der Waals surface area contributed by atoms with Gasteiger partial charge in [0.2, 0.25) is 0 Å². The van der Waals surface area contributed by atoms with Crippen molar-refractivity contribution in [3.63, 3.8) is 0 Å². The summed E-state index contributed by atoms with van der Waals surface area (Å²) in [4.78, 5) is 14.5. The van der Waals surface area contributed by atoms with E-state index in [0.29, 0.717) is 11.5 Å². The standard InChI is InChI=1S/C15H22Br2N2O/c1-10(2)7-12(9-19(3)4)18-15(20)13-8-11(16)5-6-14(13)17/h5-6,8,10,12H,7,9H2,1-4H3,(H,18,20). The Morgan fingerprint density at radius 1 is 1.30 bits per heavy atom. The summed E-state index contributed by atoms with van der Waals surface area (Å²) < 4.78 is 1.71. The van der Waals surface area contributed by atoms with Crippen molar-refractivity contribution in [1.29, 1.82) is 0 Å². The van der Waals surface area contributed by atoms with Gasteiger partial charge in [-0.25, -0.2) is 0 Å². The zero-order valence-electron chi connectivity index (χ0n) is 12.4. The number of rotatable bonds is 6. The number of carbonyl (C=O) groups excluding carboxylic acids is 1. The summed E-state index contributed by atoms with van der Waals surface area (Å²) in [6, 6.07) is 5.78. The van der Waals surface area contributed by atoms with Crippen LogP contribution in [0.5, 0.6) is 0 Å². The van der Waals surface area contributed by atoms with Crippen molar-refractivity contribution in [2.45, 2.75) is 26.3 Å². The second-order valence-corrected chi connectivity index (χ2v) is 7.46. The van der Waals surface area contributed by atoms with Gasteiger partial charge < -0.3 is 10.2 Å². The first-order valence-electron chi connectivity index (χ1n) is 6.70. The molecular formula is C15H22Br2N2O. The summed E-state index contributed by atoms with van der Waals surface area (Å²) in [6.07, 6.45) is 0.968. The van der Waals surface area contributed by atoms with Crippen molar-refractivity contribution in [3.8, 4) is 0 Å². The number of hydrogen-bond acceptors (Lipinski definition) is 2. The summed E-state index contributed by atoms with van der Waals surface area (Å²) in [5.41, 5.74) is 0.659. The molecule has 1 atom stereocenters. The molecule has 5 heteroatoms. The lowest BCUT2D eigenvalue weighted by Crippen LogP contribution is -2.42. The average Bonchev–Trinajstić information content (AvgIpc) is 2.30. The van der Waals surface area contributed by atoms with Crippen molar-refractivity contribution in [3.05, 3.63) is 32.7 Å². The third-order valence-electron chi connectivity index (χ3n) is 2.85. The Balaban J connectivity index is 2.81. The van der Waals surface area contributed by atoms with Crippen molar-refractivity contribution >= 4 is 37.8 Å². The normalized spacial score (nSPS) is 12.8. The van der Waals surface area contributed by atoms with E-state index in [1.54, 1.807) is 0 Å². The molecule has 0 fully saturated rings. The molecular weight excluding hydrogens is 384 g/mol. The fraction of sp³-hybridized carbons (Fsp3) is 0.533. The molecule has 3 nitrogen and oxygen atoms in total. The van der Waals surface area contributed by atoms with E-state index in [0.717, 1.165) is 21.9 Å². The fourth-order valence-electron chi connectivity index (χ4n) is 2.12. The van der Waals surface area contributed by atoms with Crippen LogP contribution >= 0.6 is 31.9 Å². The van der Waals surface area contributed by atoms with Gasteiger partial charge in [0.05, 0.1) is 5.56 Å². The molecule has 1 N–H and O–H groups in total. The van der Waals surface area contributed by atoms with Crippen molar-refractivity contribution in [2.75, 3.05) is 20.6 Å². The molecule has 0 radical (unpaired) electrons. The van der Waals surface area contributed by atoms with Crippen LogP contribution in [0.15, 0.2) is 27.1 Å². The molecule has 0 aliphatic rings. The topological polar surface area (TPSA) is 32.3 Å². The van der Waals surface area contributed by atoms with Gasteiger partial charge >= 0.3 is 0 Å². The zero-order valence-corrected chi connectivity index (χ0v) is 15.6. The van der Waals surface area contributed by atoms with E-state index >= 15 is 0 Å². The van der Waals surface area contributed by atoms with Crippen molar-refractivity contribution < 1.29 is 4.79 Å². The van der Waals surface area contributed by atoms with Gasteiger partial charge in [0.25, 0.3) is 5.91 Å². The maximum absolute atomic E-state index is 12.4. The van der Waals surface area contributed by atoms with E-state index in [4.69, 9.17) is 0 Å². The molecule has 1 aromatic carbocycles. The van der Waals surface area contributed by atoms with E-state index in [1.807, 2.05) is 32.3 Å². The van der Waals surface area contributed by atoms with Crippen LogP contribution in [-0.4, -0.2) is 37.5 Å². The number of amides is 1. The third kappa shape index (κ3) is 5.94. The lowest BCUT2D eigenvalue weighted by molar-refractivity contribution is 0.0923. The molecule has 1 amide bonds. The summed E-state index contributed by atoms with van der Waals surface area (Å²) in [5, 5.41) is 3.13. The highest BCUT2D eigenvalue weighted by molar-refractivity contribution is 9.11. The van der Waals surface area contributed by atoms with Crippen LogP contribution < -0.4 is 5.32 Å². The molecule has 0 aliphatic heterocycles. The highest BCUT2D eigenvalue weighted by atomic mass is 79.9. The maximum Gasteiger partial charge on any atom is 0.252 e. The van der Waals surface area contributed by atoms with Crippen LogP contribution in [0, 0.1) is 5.92 Å². The fourth-order valence-corrected chi connectivity index (χ4v) is 2.91. The summed E-state index contributed by atoms with van der Waals surface area (Å²) >= 11 is 6.83. The number of nitrogens with zero attached hydrogens (tertiary/aromatic N) is 1. The van der Waals surface area contributed by atoms with Gasteiger partial charge in [-0.3, -0.25) is 4.79 Å². The number of halogens is 2. The van der Waals surface area contributed by atoms with E-state index in [1.165, 1.54) is 0 Å². The summed E-state index contributed by atoms with van der Waals surface area (Å²) in [6.45, 7) is 5.18. The van der Waals surface area contributed by atoms with Gasteiger partial charge in [-0.2, -0.15) is 0 Å². The minimum Gasteiger partial charge on any atom is -0.348 e. The number of carbonyl (C=O) groups is 1. The van der Waals surface area contributed by atoms with E-state index in [9.17, 15) is 4.79 Å². The number of hydrogen-bond donors (Lipinski definition) is 1. The molecule has 0 aliphatic carbocycles. The first-order valence-corrected chi connectivity index (χ1v) is 8.28. The Morgan fingerprint density at radius 3 is 2.50 bits per heavy atom. The molecule has 1 unspecified atom stereocenters. The van der Waals surface area contributed by atoms with Crippen LogP contribution in [0.3, 0.4) is 0 Å². The van der Waals surface area contributed by atoms with Crippen molar-refractivity contribution in [2.24, 2.45) is 5.92 Å². The molecule has 0 saturated heterocycles. The third-order valence-corrected chi connectivity index (χ3v) is 4.03. The highest BCUT2D eigenvalue weighted by Gasteiger charge is 2.17. The zero-order chi connectivity index (χ0) is 15.3. The van der Waals surface area contributed by atoms with Gasteiger partial charge in [0, 0.05) is 21.5 Å². The molecule has 0 bridgehead atoms. The molecule has 0 saturated carbocycles. The second kappa shape index (κ2) is 8.15. The van der Waals surface area contributed by atoms with Gasteiger partial charge in [0.1, 0.15) is 0 Å². The van der Waals surface area contributed by atoms with E-state index in [-0.39, 0.29) is 11.9 Å². The lowest BCUT2D eigenvalue weighted by Gasteiger charge is -2.24. The Morgan fingerprint density at radius 2 is 1.95 bits per heavy atom. The Labute approximate surface area is 138 Å². The van der Waals surface area contributed by atoms with Gasteiger partial charge in [-0.1, -0.05) is 29.8 Å². The molecule has 20 heavy (non-hydrogen) atoms. The minimum absolute atomic E-state index is 0.0364. The van der Waals surface area contributed by atoms with Crippen LogP contribution in [0.25, 0.3) is 0 Å². The average molecular weight is 406 g/mol. The minimum atomic E-state index is -0.0364. The van der Waals surface area contributed by atoms with Crippen LogP contribution in [0.4, 0.5) is 0 Å². The maximum atomic E-state index is 12.4. The summed E-state index contributed by atoms with van der Waals surface area (Å²) in [7, 11) is 4.04. The van der Waals surface area contributed by atoms with Gasteiger partial charge in [-0.15, -0.1) is 0 Å². The highest BCUT2D eigenvalue weighted by Crippen LogP contribution is 2.21. The van der Waals surface area contributed by atoms with Crippen LogP contribution in [0.1, 0.15) is 30.6 Å². The number of likely N-dealkylation sites (N-methyl/N-ethyl adjacent to an activating group) is 1. The molecule has 1 aromatic rings. The predicted molar refractivity (Wildman–Crippen MR) is 91.1 cm³/mol. The number of benzene rings is 1. The van der Waals surface area contributed by atoms with Gasteiger partial charge in [-0.05, 0) is 60.6 Å². The van der Waals surface area contributed by atoms with Crippen LogP contribution in [-0.2, 0) is 0 Å². The molecule has 0 spiro atoms. The quantitative estimate of drug-likeness (QED) is 0.777. The molecule has 0 heterocycles. The smallest absolute Gasteiger partial charge is 0.252 e. The molecule has 0 aromatic heterocycles. The first kappa shape index (κ1) is 17.7. The monoisotopic (exact) mass is 404 g/mol. The van der Waals surface area contributed by atoms with Crippen molar-refractivity contribution in [1.82, 2.24) is 10.2 Å². The Kier molecular flexibility index (Phi) is 7.20. The molecule has 112 valence electrons. The largest absolute Gasteiger partial charge is 0.348 e. The van der Waals surface area contributed by atoms with E-state index in [2.05, 4.69) is 55.9 Å². The SMILES string of the molecule is CC(C)CC(CN(C)C)NC(=O)c1cc(Br)ccc1Br. The summed E-state index contributed by atoms with van der Waals surface area (Å²) in [5.74, 6) is 0.511. The number of nitrogens with one attached hydrogen (secondary N) is 1. The lowest BCUT2D eigenvalue weighted by atomic mass is 10.0. The van der Waals surface area contributed by atoms with Crippen LogP contribution in [0.2, 0.25) is 0 Å². The first-order chi connectivity index (χ1) is 9.29. The molecule has 1 rings (SSSR count). The van der Waals surface area contributed by atoms with Gasteiger partial charge in [0.15, 0.2) is 0 Å².